The number of fused-ring (bicyclic) bond motifs is 1. The maximum absolute atomic E-state index is 13.7. The summed E-state index contributed by atoms with van der Waals surface area (Å²) < 4.78 is 84.3. The van der Waals surface area contributed by atoms with E-state index < -0.39 is 25.4 Å². The topological polar surface area (TPSA) is 11.4 Å². The summed E-state index contributed by atoms with van der Waals surface area (Å²) in [4.78, 5) is 2.46. The van der Waals surface area contributed by atoms with Crippen LogP contribution in [0.2, 0.25) is 0 Å². The molecule has 0 unspecified atom stereocenters. The second-order valence-corrected chi connectivity index (χ2v) is 11.8. The van der Waals surface area contributed by atoms with E-state index >= 15 is 0 Å². The molecule has 0 amide bonds. The second-order valence-electron chi connectivity index (χ2n) is 11.8. The van der Waals surface area contributed by atoms with Gasteiger partial charge in [-0.15, -0.1) is 0 Å². The van der Waals surface area contributed by atoms with E-state index in [2.05, 4.69) is 4.57 Å². The molecule has 48 heavy (non-hydrogen) atoms. The van der Waals surface area contributed by atoms with E-state index in [1.165, 1.54) is 9.80 Å². The molecule has 0 spiro atoms. The minimum Gasteiger partial charge on any atom is -0.348 e. The van der Waals surface area contributed by atoms with Gasteiger partial charge in [0.15, 0.2) is 0 Å². The summed E-state index contributed by atoms with van der Waals surface area (Å²) >= 11 is 0. The number of halogens is 6. The van der Waals surface area contributed by atoms with Gasteiger partial charge in [0, 0.05) is 52.3 Å². The van der Waals surface area contributed by atoms with Gasteiger partial charge in [-0.05, 0) is 78.2 Å². The van der Waals surface area contributed by atoms with Crippen LogP contribution in [0.1, 0.15) is 28.3 Å². The van der Waals surface area contributed by atoms with Gasteiger partial charge in [-0.1, -0.05) is 78.9 Å². The number of hydrogen-bond acceptors (Lipinski definition) is 2. The first kappa shape index (κ1) is 32.7. The lowest BCUT2D eigenvalue weighted by molar-refractivity contribution is -0.119. The molecule has 0 aliphatic heterocycles. The molecular formula is C39H33F6N3. The second kappa shape index (κ2) is 13.1. The summed E-state index contributed by atoms with van der Waals surface area (Å²) in [5.41, 5.74) is 6.31. The molecule has 6 rings (SSSR count). The third-order valence-corrected chi connectivity index (χ3v) is 8.62. The number of aryl methyl sites for hydroxylation is 1. The molecule has 3 nitrogen and oxygen atoms in total. The molecule has 0 aliphatic rings. The van der Waals surface area contributed by atoms with E-state index in [-0.39, 0.29) is 5.92 Å². The third kappa shape index (κ3) is 7.05. The molecule has 0 radical (unpaired) electrons. The van der Waals surface area contributed by atoms with Crippen LogP contribution in [0, 0.1) is 6.92 Å². The van der Waals surface area contributed by atoms with Gasteiger partial charge >= 0.3 is 12.4 Å². The van der Waals surface area contributed by atoms with Crippen LogP contribution >= 0.6 is 0 Å². The highest BCUT2D eigenvalue weighted by atomic mass is 19.4. The van der Waals surface area contributed by atoms with Crippen molar-refractivity contribution < 1.29 is 26.3 Å². The van der Waals surface area contributed by atoms with Gasteiger partial charge in [-0.3, -0.25) is 0 Å². The molecule has 0 saturated heterocycles. The van der Waals surface area contributed by atoms with Crippen molar-refractivity contribution in [3.8, 4) is 0 Å². The zero-order valence-corrected chi connectivity index (χ0v) is 26.3. The lowest BCUT2D eigenvalue weighted by Gasteiger charge is -2.28. The molecule has 0 aliphatic carbocycles. The predicted molar refractivity (Wildman–Crippen MR) is 180 cm³/mol. The van der Waals surface area contributed by atoms with E-state index in [1.54, 1.807) is 84.9 Å². The van der Waals surface area contributed by atoms with Crippen LogP contribution in [-0.2, 0) is 7.05 Å². The van der Waals surface area contributed by atoms with Crippen LogP contribution in [0.15, 0.2) is 133 Å². The Morgan fingerprint density at radius 3 is 1.31 bits per heavy atom. The Balaban J connectivity index is 1.46. The molecule has 0 fully saturated rings. The standard InChI is InChI=1S/C39H33F6N3/c1-27-36(34-15-9-10-16-35(34)46(27)2)37(28-17-21-32(22-18-28)47(25-38(40,41)42)30-11-5-3-6-12-30)29-19-23-33(24-20-29)48(26-39(43,44)45)31-13-7-4-8-14-31/h3-24,37H,25-26H2,1-2H3. The third-order valence-electron chi connectivity index (χ3n) is 8.62. The van der Waals surface area contributed by atoms with Gasteiger partial charge in [-0.25, -0.2) is 0 Å². The van der Waals surface area contributed by atoms with Gasteiger partial charge in [-0.2, -0.15) is 26.3 Å². The van der Waals surface area contributed by atoms with Crippen LogP contribution in [0.3, 0.4) is 0 Å². The van der Waals surface area contributed by atoms with Crippen molar-refractivity contribution in [1.29, 1.82) is 0 Å². The summed E-state index contributed by atoms with van der Waals surface area (Å²) in [7, 11) is 1.98. The smallest absolute Gasteiger partial charge is 0.348 e. The number of hydrogen-bond donors (Lipinski definition) is 0. The average molecular weight is 658 g/mol. The number of alkyl halides is 6. The zero-order valence-electron chi connectivity index (χ0n) is 26.3. The normalized spacial score (nSPS) is 12.1. The van der Waals surface area contributed by atoms with Gasteiger partial charge in [0.25, 0.3) is 0 Å². The molecular weight excluding hydrogens is 624 g/mol. The first-order valence-corrected chi connectivity index (χ1v) is 15.4. The monoisotopic (exact) mass is 657 g/mol. The summed E-state index contributed by atoms with van der Waals surface area (Å²) in [6.07, 6.45) is -8.86. The Morgan fingerprint density at radius 1 is 0.521 bits per heavy atom. The first-order chi connectivity index (χ1) is 22.9. The van der Waals surface area contributed by atoms with Crippen molar-refractivity contribution in [2.24, 2.45) is 7.05 Å². The number of aromatic nitrogens is 1. The lowest BCUT2D eigenvalue weighted by atomic mass is 9.83. The summed E-state index contributed by atoms with van der Waals surface area (Å²) in [5.74, 6) is -0.361. The Hall–Kier alpha value is -5.18. The van der Waals surface area contributed by atoms with Gasteiger partial charge < -0.3 is 14.4 Å². The zero-order chi connectivity index (χ0) is 34.1. The molecule has 5 aromatic carbocycles. The number of benzene rings is 5. The van der Waals surface area contributed by atoms with Crippen molar-refractivity contribution in [3.63, 3.8) is 0 Å². The maximum Gasteiger partial charge on any atom is 0.406 e. The molecule has 9 heteroatoms. The molecule has 0 N–H and O–H groups in total. The van der Waals surface area contributed by atoms with Crippen molar-refractivity contribution in [2.45, 2.75) is 25.2 Å². The Bertz CT molecular complexity index is 1860. The van der Waals surface area contributed by atoms with Crippen LogP contribution in [0.4, 0.5) is 49.1 Å². The van der Waals surface area contributed by atoms with Crippen molar-refractivity contribution in [2.75, 3.05) is 22.9 Å². The van der Waals surface area contributed by atoms with E-state index in [0.29, 0.717) is 22.7 Å². The highest BCUT2D eigenvalue weighted by Crippen LogP contribution is 2.42. The maximum atomic E-state index is 13.7. The van der Waals surface area contributed by atoms with E-state index in [1.807, 2.05) is 62.5 Å². The van der Waals surface area contributed by atoms with Crippen molar-refractivity contribution in [1.82, 2.24) is 4.57 Å². The van der Waals surface area contributed by atoms with Crippen molar-refractivity contribution in [3.05, 3.63) is 156 Å². The van der Waals surface area contributed by atoms with Gasteiger partial charge in [0.1, 0.15) is 13.1 Å². The molecule has 0 saturated carbocycles. The largest absolute Gasteiger partial charge is 0.406 e. The number of anilines is 4. The molecule has 1 aromatic heterocycles. The SMILES string of the molecule is Cc1c(C(c2ccc(N(CC(F)(F)F)c3ccccc3)cc2)c2ccc(N(CC(F)(F)F)c3ccccc3)cc2)c2ccccc2n1C. The fourth-order valence-corrected chi connectivity index (χ4v) is 6.37. The fraction of sp³-hybridized carbons (Fsp3) is 0.179. The summed E-state index contributed by atoms with van der Waals surface area (Å²) in [5, 5.41) is 1.02. The minimum absolute atomic E-state index is 0.361. The molecule has 1 heterocycles. The van der Waals surface area contributed by atoms with Crippen LogP contribution in [0.25, 0.3) is 10.9 Å². The van der Waals surface area contributed by atoms with Crippen LogP contribution < -0.4 is 9.80 Å². The average Bonchev–Trinajstić information content (AvgIpc) is 3.32. The Labute approximate surface area is 275 Å². The quantitative estimate of drug-likeness (QED) is 0.143. The Morgan fingerprint density at radius 2 is 0.896 bits per heavy atom. The molecule has 246 valence electrons. The molecule has 0 atom stereocenters. The van der Waals surface area contributed by atoms with E-state index in [9.17, 15) is 26.3 Å². The van der Waals surface area contributed by atoms with Crippen LogP contribution in [-0.4, -0.2) is 30.0 Å². The summed E-state index contributed by atoms with van der Waals surface area (Å²) in [6, 6.07) is 38.9. The first-order valence-electron chi connectivity index (χ1n) is 15.4. The van der Waals surface area contributed by atoms with E-state index in [0.717, 1.165) is 33.3 Å². The summed E-state index contributed by atoms with van der Waals surface area (Å²) in [6.45, 7) is -0.287. The number of rotatable bonds is 9. The fourth-order valence-electron chi connectivity index (χ4n) is 6.37. The molecule has 0 bridgehead atoms. The number of para-hydroxylation sites is 3. The van der Waals surface area contributed by atoms with Crippen LogP contribution in [0.5, 0.6) is 0 Å². The van der Waals surface area contributed by atoms with Gasteiger partial charge in [0.2, 0.25) is 0 Å². The minimum atomic E-state index is -4.43. The lowest BCUT2D eigenvalue weighted by Crippen LogP contribution is -2.30. The number of nitrogens with zero attached hydrogens (tertiary/aromatic N) is 3. The van der Waals surface area contributed by atoms with Crippen molar-refractivity contribution >= 4 is 33.7 Å². The van der Waals surface area contributed by atoms with Gasteiger partial charge in [0.05, 0.1) is 0 Å². The highest BCUT2D eigenvalue weighted by molar-refractivity contribution is 5.87. The van der Waals surface area contributed by atoms with E-state index in [4.69, 9.17) is 0 Å². The predicted octanol–water partition coefficient (Wildman–Crippen LogP) is 11.1. The molecule has 6 aromatic rings. The Kier molecular flexibility index (Phi) is 8.97. The highest BCUT2D eigenvalue weighted by Gasteiger charge is 2.33.